The molecule has 0 aromatic heterocycles. The Hall–Kier alpha value is -2.78. The molecule has 1 aliphatic carbocycles. The number of rotatable bonds is 7. The minimum atomic E-state index is -4.82. The van der Waals surface area contributed by atoms with E-state index in [0.717, 1.165) is 19.4 Å². The number of nitrogens with zero attached hydrogens (tertiary/aromatic N) is 2. The van der Waals surface area contributed by atoms with E-state index in [4.69, 9.17) is 5.11 Å². The van der Waals surface area contributed by atoms with Gasteiger partial charge in [0.15, 0.2) is 17.3 Å². The fourth-order valence-electron chi connectivity index (χ4n) is 4.42. The first kappa shape index (κ1) is 31.4. The minimum Gasteiger partial charge on any atom is -0.395 e. The summed E-state index contributed by atoms with van der Waals surface area (Å²) in [4.78, 5) is 47.4. The number of carbonyl (C=O) groups is 3. The van der Waals surface area contributed by atoms with Crippen molar-refractivity contribution in [2.75, 3.05) is 19.7 Å². The number of likely N-dealkylation sites (tertiary alicyclic amines) is 1. The fourth-order valence-corrected chi connectivity index (χ4v) is 4.42. The van der Waals surface area contributed by atoms with Gasteiger partial charge in [-0.15, -0.1) is 0 Å². The molecule has 0 radical (unpaired) electrons. The van der Waals surface area contributed by atoms with E-state index in [1.807, 2.05) is 4.90 Å². The lowest BCUT2D eigenvalue weighted by Crippen LogP contribution is -2.62. The number of ketones is 3. The third-order valence-corrected chi connectivity index (χ3v) is 6.55. The van der Waals surface area contributed by atoms with Crippen molar-refractivity contribution in [2.45, 2.75) is 69.6 Å². The van der Waals surface area contributed by atoms with Gasteiger partial charge < -0.3 is 20.4 Å². The molecule has 0 bridgehead atoms. The zero-order valence-electron chi connectivity index (χ0n) is 20.6. The van der Waals surface area contributed by atoms with E-state index in [2.05, 4.69) is 6.92 Å². The lowest BCUT2D eigenvalue weighted by atomic mass is 9.81. The van der Waals surface area contributed by atoms with Crippen LogP contribution in [0.15, 0.2) is 18.2 Å². The standard InChI is InChI=1S/C14H10F3NO5.C10H21NO4/c15-14(16,17)7-4-5-8(9(6-7)18(22)23)13(21)12-10(19)2-1-3-11(12)20;1-2-3-4-11-5-8(13)10(15)9(14)7(11)6-12/h4-6,12H,1-3H2;7-10,12-15H,2-6H2,1H3/t;7-,8+,9-,10-/m.1/s1. The van der Waals surface area contributed by atoms with E-state index < -0.39 is 75.5 Å². The third kappa shape index (κ3) is 7.41. The van der Waals surface area contributed by atoms with Crippen molar-refractivity contribution in [1.82, 2.24) is 4.90 Å². The molecule has 3 rings (SSSR count). The van der Waals surface area contributed by atoms with Gasteiger partial charge in [0, 0.05) is 25.5 Å². The van der Waals surface area contributed by atoms with Crippen molar-refractivity contribution in [2.24, 2.45) is 5.92 Å². The number of aliphatic hydroxyl groups is 4. The third-order valence-electron chi connectivity index (χ3n) is 6.55. The number of piperidine rings is 1. The van der Waals surface area contributed by atoms with Crippen molar-refractivity contribution < 1.29 is 52.9 Å². The normalized spacial score (nSPS) is 25.1. The van der Waals surface area contributed by atoms with Crippen LogP contribution in [0.1, 0.15) is 54.9 Å². The molecule has 1 aromatic carbocycles. The van der Waals surface area contributed by atoms with Gasteiger partial charge in [-0.2, -0.15) is 13.2 Å². The summed E-state index contributed by atoms with van der Waals surface area (Å²) in [5.41, 5.74) is -3.03. The molecular formula is C24H31F3N2O9. The molecule has 1 aromatic rings. The van der Waals surface area contributed by atoms with Crippen LogP contribution in [0.3, 0.4) is 0 Å². The number of benzene rings is 1. The number of unbranched alkanes of at least 4 members (excludes halogenated alkanes) is 1. The van der Waals surface area contributed by atoms with Crippen LogP contribution in [0.2, 0.25) is 0 Å². The van der Waals surface area contributed by atoms with Crippen molar-refractivity contribution in [1.29, 1.82) is 0 Å². The Morgan fingerprint density at radius 3 is 2.24 bits per heavy atom. The van der Waals surface area contributed by atoms with Gasteiger partial charge >= 0.3 is 6.18 Å². The lowest BCUT2D eigenvalue weighted by molar-refractivity contribution is -0.385. The second-order valence-corrected chi connectivity index (χ2v) is 9.22. The Kier molecular flexibility index (Phi) is 11.0. The predicted octanol–water partition coefficient (Wildman–Crippen LogP) is 1.28. The van der Waals surface area contributed by atoms with Crippen LogP contribution in [-0.2, 0) is 15.8 Å². The number of hydrogen-bond acceptors (Lipinski definition) is 10. The van der Waals surface area contributed by atoms with E-state index in [9.17, 15) is 53.0 Å². The summed E-state index contributed by atoms with van der Waals surface area (Å²) in [6.45, 7) is 2.89. The Bertz CT molecular complexity index is 1020. The summed E-state index contributed by atoms with van der Waals surface area (Å²) < 4.78 is 37.9. The first-order valence-corrected chi connectivity index (χ1v) is 12.1. The topological polar surface area (TPSA) is 179 Å². The van der Waals surface area contributed by atoms with E-state index >= 15 is 0 Å². The molecule has 0 unspecified atom stereocenters. The van der Waals surface area contributed by atoms with Gasteiger partial charge in [-0.3, -0.25) is 29.4 Å². The summed E-state index contributed by atoms with van der Waals surface area (Å²) in [6, 6.07) is 0.913. The Labute approximate surface area is 216 Å². The fraction of sp³-hybridized carbons (Fsp3) is 0.625. The molecule has 2 aliphatic rings. The first-order valence-electron chi connectivity index (χ1n) is 12.1. The second-order valence-electron chi connectivity index (χ2n) is 9.22. The van der Waals surface area contributed by atoms with Crippen LogP contribution < -0.4 is 0 Å². The number of alkyl halides is 3. The number of hydrogen-bond donors (Lipinski definition) is 4. The summed E-state index contributed by atoms with van der Waals surface area (Å²) in [7, 11) is 0. The molecule has 2 fully saturated rings. The van der Waals surface area contributed by atoms with Gasteiger partial charge in [-0.25, -0.2) is 0 Å². The monoisotopic (exact) mass is 548 g/mol. The summed E-state index contributed by atoms with van der Waals surface area (Å²) >= 11 is 0. The van der Waals surface area contributed by atoms with Crippen LogP contribution in [0.5, 0.6) is 0 Å². The number of carbonyl (C=O) groups excluding carboxylic acids is 3. The highest BCUT2D eigenvalue weighted by atomic mass is 19.4. The average Bonchev–Trinajstić information content (AvgIpc) is 2.85. The summed E-state index contributed by atoms with van der Waals surface area (Å²) in [5.74, 6) is -4.12. The van der Waals surface area contributed by atoms with Crippen LogP contribution >= 0.6 is 0 Å². The zero-order chi connectivity index (χ0) is 28.8. The van der Waals surface area contributed by atoms with Gasteiger partial charge in [-0.05, 0) is 31.5 Å². The Balaban J connectivity index is 0.000000293. The minimum absolute atomic E-state index is 0.0173. The highest BCUT2D eigenvalue weighted by Gasteiger charge is 2.41. The van der Waals surface area contributed by atoms with E-state index in [1.54, 1.807) is 0 Å². The largest absolute Gasteiger partial charge is 0.416 e. The summed E-state index contributed by atoms with van der Waals surface area (Å²) in [5, 5.41) is 48.7. The van der Waals surface area contributed by atoms with E-state index in [1.165, 1.54) is 0 Å². The smallest absolute Gasteiger partial charge is 0.395 e. The highest BCUT2D eigenvalue weighted by Crippen LogP contribution is 2.34. The molecule has 0 amide bonds. The van der Waals surface area contributed by atoms with Crippen LogP contribution in [-0.4, -0.2) is 91.6 Å². The van der Waals surface area contributed by atoms with Crippen LogP contribution in [0.4, 0.5) is 18.9 Å². The molecule has 1 aliphatic heterocycles. The maximum Gasteiger partial charge on any atom is 0.416 e. The zero-order valence-corrected chi connectivity index (χ0v) is 20.6. The average molecular weight is 549 g/mol. The quantitative estimate of drug-likeness (QED) is 0.168. The molecule has 38 heavy (non-hydrogen) atoms. The van der Waals surface area contributed by atoms with Gasteiger partial charge in [0.2, 0.25) is 0 Å². The lowest BCUT2D eigenvalue weighted by Gasteiger charge is -2.43. The first-order chi connectivity index (χ1) is 17.7. The number of aliphatic hydroxyl groups excluding tert-OH is 4. The maximum atomic E-state index is 12.6. The SMILES string of the molecule is CCCCN1C[C@H](O)[C@@H](O)[C@H](O)[C@H]1CO.O=C1CCCC(=O)C1C(=O)c1ccc(C(F)(F)F)cc1[N+](=O)[O-]. The van der Waals surface area contributed by atoms with E-state index in [0.29, 0.717) is 18.7 Å². The van der Waals surface area contributed by atoms with Crippen molar-refractivity contribution in [3.63, 3.8) is 0 Å². The highest BCUT2D eigenvalue weighted by molar-refractivity contribution is 6.26. The molecule has 11 nitrogen and oxygen atoms in total. The number of nitro groups is 1. The maximum absolute atomic E-state index is 12.6. The van der Waals surface area contributed by atoms with Crippen LogP contribution in [0.25, 0.3) is 0 Å². The van der Waals surface area contributed by atoms with Crippen molar-refractivity contribution >= 4 is 23.0 Å². The second kappa shape index (κ2) is 13.3. The predicted molar refractivity (Wildman–Crippen MR) is 125 cm³/mol. The Morgan fingerprint density at radius 1 is 1.13 bits per heavy atom. The molecule has 1 heterocycles. The van der Waals surface area contributed by atoms with Gasteiger partial charge in [0.1, 0.15) is 18.1 Å². The van der Waals surface area contributed by atoms with Gasteiger partial charge in [-0.1, -0.05) is 13.3 Å². The molecular weight excluding hydrogens is 517 g/mol. The number of halogens is 3. The molecule has 4 atom stereocenters. The number of β-amino-alcohol motifs (C(OH)–C–C–N with tert-alkyl or cyclic N) is 1. The molecule has 1 saturated carbocycles. The van der Waals surface area contributed by atoms with Crippen molar-refractivity contribution in [3.8, 4) is 0 Å². The van der Waals surface area contributed by atoms with Crippen LogP contribution in [0, 0.1) is 16.0 Å². The number of Topliss-reactive ketones (excluding diaryl/α,β-unsaturated/α-hetero) is 3. The van der Waals surface area contributed by atoms with Crippen molar-refractivity contribution in [3.05, 3.63) is 39.4 Å². The summed E-state index contributed by atoms with van der Waals surface area (Å²) in [6.07, 6.45) is -5.75. The molecule has 212 valence electrons. The van der Waals surface area contributed by atoms with Gasteiger partial charge in [0.25, 0.3) is 5.69 Å². The van der Waals surface area contributed by atoms with E-state index in [-0.39, 0.29) is 31.9 Å². The Morgan fingerprint density at radius 2 is 1.74 bits per heavy atom. The molecule has 14 heteroatoms. The molecule has 0 spiro atoms. The van der Waals surface area contributed by atoms with Gasteiger partial charge in [0.05, 0.1) is 34.8 Å². The molecule has 1 saturated heterocycles. The number of nitro benzene ring substituents is 1. The molecule has 4 N–H and O–H groups in total.